The van der Waals surface area contributed by atoms with Gasteiger partial charge in [0.25, 0.3) is 0 Å². The maximum absolute atomic E-state index is 12.4. The Morgan fingerprint density at radius 1 is 1.20 bits per heavy atom. The molecule has 2 rings (SSSR count). The molecule has 2 aromatic rings. The molecule has 0 aliphatic rings. The highest BCUT2D eigenvalue weighted by Gasteiger charge is 2.13. The van der Waals surface area contributed by atoms with E-state index in [-0.39, 0.29) is 5.78 Å². The third-order valence-corrected chi connectivity index (χ3v) is 3.52. The molecule has 0 saturated heterocycles. The van der Waals surface area contributed by atoms with Gasteiger partial charge in [-0.25, -0.2) is 0 Å². The van der Waals surface area contributed by atoms with Gasteiger partial charge in [0.15, 0.2) is 5.78 Å². The number of benzene rings is 2. The fourth-order valence-corrected chi connectivity index (χ4v) is 2.22. The predicted molar refractivity (Wildman–Crippen MR) is 84.2 cm³/mol. The first-order valence-electron chi connectivity index (χ1n) is 6.44. The zero-order valence-electron chi connectivity index (χ0n) is 11.2. The summed E-state index contributed by atoms with van der Waals surface area (Å²) in [5.74, 6) is 0.709. The van der Waals surface area contributed by atoms with Gasteiger partial charge in [0, 0.05) is 21.3 Å². The number of rotatable bonds is 5. The molecule has 0 radical (unpaired) electrons. The molecule has 0 amide bonds. The molecule has 0 atom stereocenters. The van der Waals surface area contributed by atoms with Crippen LogP contribution in [0, 0.1) is 0 Å². The SMILES string of the molecule is CCCOc1ccc(C(=O)c2cc(N)ccc2Br)cc1. The molecular weight excluding hydrogens is 318 g/mol. The molecule has 4 heteroatoms. The summed E-state index contributed by atoms with van der Waals surface area (Å²) in [6.45, 7) is 2.73. The Balaban J connectivity index is 2.22. The maximum Gasteiger partial charge on any atom is 0.194 e. The van der Waals surface area contributed by atoms with Gasteiger partial charge < -0.3 is 10.5 Å². The second kappa shape index (κ2) is 6.57. The molecule has 2 N–H and O–H groups in total. The fraction of sp³-hybridized carbons (Fsp3) is 0.188. The number of ether oxygens (including phenoxy) is 1. The second-order valence-electron chi connectivity index (χ2n) is 4.44. The van der Waals surface area contributed by atoms with Gasteiger partial charge in [-0.3, -0.25) is 4.79 Å². The summed E-state index contributed by atoms with van der Waals surface area (Å²) in [5, 5.41) is 0. The van der Waals surface area contributed by atoms with E-state index in [1.54, 1.807) is 30.3 Å². The van der Waals surface area contributed by atoms with Crippen molar-refractivity contribution in [3.05, 3.63) is 58.1 Å². The molecule has 2 aromatic carbocycles. The van der Waals surface area contributed by atoms with Crippen molar-refractivity contribution in [3.8, 4) is 5.75 Å². The van der Waals surface area contributed by atoms with Crippen LogP contribution in [0.3, 0.4) is 0 Å². The van der Waals surface area contributed by atoms with E-state index in [9.17, 15) is 4.79 Å². The Morgan fingerprint density at radius 2 is 1.90 bits per heavy atom. The molecule has 0 heterocycles. The molecular formula is C16H16BrNO2. The van der Waals surface area contributed by atoms with Crippen molar-refractivity contribution in [2.24, 2.45) is 0 Å². The molecule has 20 heavy (non-hydrogen) atoms. The summed E-state index contributed by atoms with van der Waals surface area (Å²) >= 11 is 3.38. The van der Waals surface area contributed by atoms with Crippen LogP contribution in [0.15, 0.2) is 46.9 Å². The third-order valence-electron chi connectivity index (χ3n) is 2.82. The fourth-order valence-electron chi connectivity index (χ4n) is 1.79. The molecule has 0 bridgehead atoms. The van der Waals surface area contributed by atoms with E-state index in [0.717, 1.165) is 16.6 Å². The number of carbonyl (C=O) groups excluding carboxylic acids is 1. The van der Waals surface area contributed by atoms with Gasteiger partial charge in [-0.1, -0.05) is 22.9 Å². The van der Waals surface area contributed by atoms with E-state index < -0.39 is 0 Å². The Kier molecular flexibility index (Phi) is 4.79. The van der Waals surface area contributed by atoms with Crippen molar-refractivity contribution in [1.29, 1.82) is 0 Å². The van der Waals surface area contributed by atoms with Crippen LogP contribution < -0.4 is 10.5 Å². The van der Waals surface area contributed by atoms with Gasteiger partial charge in [0.05, 0.1) is 6.61 Å². The lowest BCUT2D eigenvalue weighted by Gasteiger charge is -2.07. The lowest BCUT2D eigenvalue weighted by molar-refractivity contribution is 0.103. The molecule has 0 spiro atoms. The number of hydrogen-bond acceptors (Lipinski definition) is 3. The van der Waals surface area contributed by atoms with Crippen LogP contribution in [0.25, 0.3) is 0 Å². The molecule has 0 unspecified atom stereocenters. The van der Waals surface area contributed by atoms with Crippen molar-refractivity contribution in [2.45, 2.75) is 13.3 Å². The van der Waals surface area contributed by atoms with E-state index in [0.29, 0.717) is 23.4 Å². The number of ketones is 1. The number of nitrogen functional groups attached to an aromatic ring is 1. The first-order valence-corrected chi connectivity index (χ1v) is 7.23. The summed E-state index contributed by atoms with van der Waals surface area (Å²) in [5.41, 5.74) is 7.47. The standard InChI is InChI=1S/C16H16BrNO2/c1-2-9-20-13-6-3-11(4-7-13)16(19)14-10-12(18)5-8-15(14)17/h3-8,10H,2,9,18H2,1H3. The van der Waals surface area contributed by atoms with Crippen molar-refractivity contribution >= 4 is 27.4 Å². The van der Waals surface area contributed by atoms with Crippen LogP contribution in [0.4, 0.5) is 5.69 Å². The van der Waals surface area contributed by atoms with E-state index in [4.69, 9.17) is 10.5 Å². The Morgan fingerprint density at radius 3 is 2.55 bits per heavy atom. The smallest absolute Gasteiger partial charge is 0.194 e. The summed E-state index contributed by atoms with van der Waals surface area (Å²) in [4.78, 5) is 12.4. The lowest BCUT2D eigenvalue weighted by Crippen LogP contribution is -2.03. The van der Waals surface area contributed by atoms with Gasteiger partial charge in [-0.05, 0) is 48.9 Å². The molecule has 0 aliphatic carbocycles. The summed E-state index contributed by atoms with van der Waals surface area (Å²) < 4.78 is 6.24. The highest BCUT2D eigenvalue weighted by Crippen LogP contribution is 2.23. The van der Waals surface area contributed by atoms with Gasteiger partial charge >= 0.3 is 0 Å². The monoisotopic (exact) mass is 333 g/mol. The average Bonchev–Trinajstić information content (AvgIpc) is 2.47. The van der Waals surface area contributed by atoms with Gasteiger partial charge in [-0.2, -0.15) is 0 Å². The van der Waals surface area contributed by atoms with Gasteiger partial charge in [-0.15, -0.1) is 0 Å². The highest BCUT2D eigenvalue weighted by atomic mass is 79.9. The first kappa shape index (κ1) is 14.6. The summed E-state index contributed by atoms with van der Waals surface area (Å²) in [6.07, 6.45) is 0.955. The number of halogens is 1. The highest BCUT2D eigenvalue weighted by molar-refractivity contribution is 9.10. The average molecular weight is 334 g/mol. The minimum absolute atomic E-state index is 0.0637. The van der Waals surface area contributed by atoms with E-state index in [1.165, 1.54) is 0 Å². The minimum atomic E-state index is -0.0637. The first-order chi connectivity index (χ1) is 9.61. The zero-order valence-corrected chi connectivity index (χ0v) is 12.8. The summed E-state index contributed by atoms with van der Waals surface area (Å²) in [6, 6.07) is 12.4. The molecule has 3 nitrogen and oxygen atoms in total. The van der Waals surface area contributed by atoms with Crippen LogP contribution in [0.1, 0.15) is 29.3 Å². The second-order valence-corrected chi connectivity index (χ2v) is 5.30. The van der Waals surface area contributed by atoms with Crippen LogP contribution >= 0.6 is 15.9 Å². The van der Waals surface area contributed by atoms with Gasteiger partial charge in [0.2, 0.25) is 0 Å². The third kappa shape index (κ3) is 3.39. The van der Waals surface area contributed by atoms with E-state index in [1.807, 2.05) is 12.1 Å². The zero-order chi connectivity index (χ0) is 14.5. The predicted octanol–water partition coefficient (Wildman–Crippen LogP) is 4.05. The van der Waals surface area contributed by atoms with Crippen LogP contribution in [0.5, 0.6) is 5.75 Å². The van der Waals surface area contributed by atoms with Crippen LogP contribution in [-0.2, 0) is 0 Å². The van der Waals surface area contributed by atoms with Crippen molar-refractivity contribution < 1.29 is 9.53 Å². The molecule has 0 aromatic heterocycles. The van der Waals surface area contributed by atoms with Crippen molar-refractivity contribution in [3.63, 3.8) is 0 Å². The largest absolute Gasteiger partial charge is 0.494 e. The quantitative estimate of drug-likeness (QED) is 0.663. The molecule has 0 saturated carbocycles. The van der Waals surface area contributed by atoms with Crippen LogP contribution in [0.2, 0.25) is 0 Å². The Bertz CT molecular complexity index is 608. The lowest BCUT2D eigenvalue weighted by atomic mass is 10.0. The number of anilines is 1. The molecule has 104 valence electrons. The Labute approximate surface area is 126 Å². The topological polar surface area (TPSA) is 52.3 Å². The minimum Gasteiger partial charge on any atom is -0.494 e. The van der Waals surface area contributed by atoms with Crippen LogP contribution in [-0.4, -0.2) is 12.4 Å². The maximum atomic E-state index is 12.4. The number of nitrogens with two attached hydrogens (primary N) is 1. The number of hydrogen-bond donors (Lipinski definition) is 1. The Hall–Kier alpha value is -1.81. The van der Waals surface area contributed by atoms with E-state index >= 15 is 0 Å². The molecule has 0 aliphatic heterocycles. The van der Waals surface area contributed by atoms with Gasteiger partial charge in [0.1, 0.15) is 5.75 Å². The van der Waals surface area contributed by atoms with Crippen molar-refractivity contribution in [2.75, 3.05) is 12.3 Å². The molecule has 0 fully saturated rings. The van der Waals surface area contributed by atoms with Crippen molar-refractivity contribution in [1.82, 2.24) is 0 Å². The number of carbonyl (C=O) groups is 1. The summed E-state index contributed by atoms with van der Waals surface area (Å²) in [7, 11) is 0. The van der Waals surface area contributed by atoms with E-state index in [2.05, 4.69) is 22.9 Å². The normalized spacial score (nSPS) is 10.3.